The molecule has 148 valence electrons. The number of ether oxygens (including phenoxy) is 1. The number of esters is 1. The van der Waals surface area contributed by atoms with Gasteiger partial charge >= 0.3 is 5.97 Å². The van der Waals surface area contributed by atoms with Crippen LogP contribution in [-0.4, -0.2) is 31.7 Å². The Hall–Kier alpha value is -2.84. The van der Waals surface area contributed by atoms with Crippen molar-refractivity contribution >= 4 is 11.7 Å². The molecule has 1 unspecified atom stereocenters. The van der Waals surface area contributed by atoms with Gasteiger partial charge in [-0.1, -0.05) is 30.9 Å². The molecule has 1 aliphatic heterocycles. The maximum atomic E-state index is 12.1. The third-order valence-electron chi connectivity index (χ3n) is 4.66. The van der Waals surface area contributed by atoms with Crippen LogP contribution in [0.5, 0.6) is 0 Å². The van der Waals surface area contributed by atoms with Crippen LogP contribution >= 0.6 is 0 Å². The summed E-state index contributed by atoms with van der Waals surface area (Å²) >= 11 is 0. The summed E-state index contributed by atoms with van der Waals surface area (Å²) in [6, 6.07) is 6.52. The first-order valence-electron chi connectivity index (χ1n) is 9.69. The normalized spacial score (nSPS) is 14.6. The number of nitrogens with two attached hydrogens (primary N) is 1. The van der Waals surface area contributed by atoms with Crippen molar-refractivity contribution in [2.24, 2.45) is 5.73 Å². The number of nitrogens with zero attached hydrogens (tertiary/aromatic N) is 2. The van der Waals surface area contributed by atoms with Crippen molar-refractivity contribution in [3.63, 3.8) is 0 Å². The van der Waals surface area contributed by atoms with E-state index in [4.69, 9.17) is 10.5 Å². The minimum atomic E-state index is -0.333. The Morgan fingerprint density at radius 2 is 2.29 bits per heavy atom. The monoisotopic (exact) mass is 379 g/mol. The van der Waals surface area contributed by atoms with Gasteiger partial charge in [0.25, 0.3) is 0 Å². The third kappa shape index (κ3) is 5.58. The van der Waals surface area contributed by atoms with Gasteiger partial charge in [0.1, 0.15) is 6.07 Å². The molecule has 0 aromatic heterocycles. The average Bonchev–Trinajstić information content (AvgIpc) is 3.07. The van der Waals surface area contributed by atoms with Crippen LogP contribution in [0, 0.1) is 11.3 Å². The van der Waals surface area contributed by atoms with Gasteiger partial charge in [0.05, 0.1) is 23.4 Å². The number of hydrogen-bond acceptors (Lipinski definition) is 5. The first-order chi connectivity index (χ1) is 13.5. The van der Waals surface area contributed by atoms with E-state index < -0.39 is 0 Å². The molecule has 0 amide bonds. The molecule has 5 nitrogen and oxygen atoms in total. The van der Waals surface area contributed by atoms with Crippen molar-refractivity contribution in [2.45, 2.75) is 39.2 Å². The smallest absolute Gasteiger partial charge is 0.337 e. The summed E-state index contributed by atoms with van der Waals surface area (Å²) < 4.78 is 5.36. The van der Waals surface area contributed by atoms with E-state index in [-0.39, 0.29) is 12.0 Å². The van der Waals surface area contributed by atoms with Gasteiger partial charge in [0, 0.05) is 19.1 Å². The number of benzene rings is 1. The molecule has 1 aromatic rings. The summed E-state index contributed by atoms with van der Waals surface area (Å²) in [6.07, 6.45) is 9.13. The fraction of sp³-hybridized carbons (Fsp3) is 0.391. The highest BCUT2D eigenvalue weighted by atomic mass is 16.5. The largest absolute Gasteiger partial charge is 0.462 e. The summed E-state index contributed by atoms with van der Waals surface area (Å²) in [7, 11) is 0. The molecule has 0 spiro atoms. The molecule has 1 aromatic carbocycles. The third-order valence-corrected chi connectivity index (χ3v) is 4.66. The number of carbonyl (C=O) groups excluding carboxylic acids is 1. The minimum absolute atomic E-state index is 0.0696. The van der Waals surface area contributed by atoms with Gasteiger partial charge in [-0.25, -0.2) is 4.79 Å². The van der Waals surface area contributed by atoms with Crippen molar-refractivity contribution in [1.82, 2.24) is 0 Å². The van der Waals surface area contributed by atoms with Crippen molar-refractivity contribution in [3.8, 4) is 6.07 Å². The Labute approximate surface area is 167 Å². The molecule has 0 aliphatic carbocycles. The number of anilines is 1. The molecular weight excluding hydrogens is 350 g/mol. The summed E-state index contributed by atoms with van der Waals surface area (Å²) in [4.78, 5) is 14.3. The molecule has 1 aliphatic rings. The van der Waals surface area contributed by atoms with Crippen molar-refractivity contribution < 1.29 is 9.53 Å². The first kappa shape index (κ1) is 21.5. The van der Waals surface area contributed by atoms with Crippen molar-refractivity contribution in [2.75, 3.05) is 24.6 Å². The van der Waals surface area contributed by atoms with Gasteiger partial charge in [0.2, 0.25) is 0 Å². The van der Waals surface area contributed by atoms with E-state index in [0.717, 1.165) is 37.2 Å². The van der Waals surface area contributed by atoms with Crippen LogP contribution in [0.2, 0.25) is 0 Å². The van der Waals surface area contributed by atoms with Crippen LogP contribution in [0.1, 0.15) is 37.0 Å². The number of fused-ring (bicyclic) bond motifs is 1. The van der Waals surface area contributed by atoms with E-state index in [1.807, 2.05) is 13.0 Å². The SMILES string of the molecule is C=C/C=C\C(=C/C)C(=O)OCCCN1CCc2cc(CC(C)N)cc(C#N)c21. The first-order valence-corrected chi connectivity index (χ1v) is 9.69. The van der Waals surface area contributed by atoms with E-state index >= 15 is 0 Å². The van der Waals surface area contributed by atoms with Crippen LogP contribution in [-0.2, 0) is 22.4 Å². The average molecular weight is 380 g/mol. The molecule has 0 radical (unpaired) electrons. The standard InChI is InChI=1S/C23H29N3O2/c1-4-6-8-19(5-2)23(27)28-12-7-10-26-11-9-20-14-18(13-17(3)25)15-21(16-24)22(20)26/h4-6,8,14-15,17H,1,7,9-13,25H2,2-3H3/b8-6-,19-5+. The van der Waals surface area contributed by atoms with Crippen LogP contribution in [0.4, 0.5) is 5.69 Å². The molecule has 28 heavy (non-hydrogen) atoms. The van der Waals surface area contributed by atoms with E-state index in [9.17, 15) is 10.1 Å². The van der Waals surface area contributed by atoms with Gasteiger partial charge in [-0.3, -0.25) is 0 Å². The molecule has 0 saturated heterocycles. The second-order valence-electron chi connectivity index (χ2n) is 7.01. The van der Waals surface area contributed by atoms with E-state index in [2.05, 4.69) is 23.6 Å². The number of rotatable bonds is 9. The predicted molar refractivity (Wildman–Crippen MR) is 113 cm³/mol. The fourth-order valence-electron chi connectivity index (χ4n) is 3.45. The van der Waals surface area contributed by atoms with Crippen LogP contribution in [0.3, 0.4) is 0 Å². The lowest BCUT2D eigenvalue weighted by atomic mass is 9.99. The van der Waals surface area contributed by atoms with Gasteiger partial charge < -0.3 is 15.4 Å². The molecule has 0 bridgehead atoms. The zero-order valence-corrected chi connectivity index (χ0v) is 16.8. The summed E-state index contributed by atoms with van der Waals surface area (Å²) in [5.74, 6) is -0.333. The van der Waals surface area contributed by atoms with Gasteiger partial charge in [-0.05, 0) is 56.4 Å². The van der Waals surface area contributed by atoms with E-state index in [1.54, 1.807) is 31.2 Å². The Kier molecular flexibility index (Phi) is 8.03. The van der Waals surface area contributed by atoms with Gasteiger partial charge in [-0.15, -0.1) is 0 Å². The lowest BCUT2D eigenvalue weighted by Crippen LogP contribution is -2.24. The highest BCUT2D eigenvalue weighted by Gasteiger charge is 2.23. The molecular formula is C23H29N3O2. The zero-order chi connectivity index (χ0) is 20.5. The van der Waals surface area contributed by atoms with E-state index in [1.165, 1.54) is 5.56 Å². The van der Waals surface area contributed by atoms with Crippen molar-refractivity contribution in [1.29, 1.82) is 5.26 Å². The van der Waals surface area contributed by atoms with Crippen LogP contribution in [0.25, 0.3) is 0 Å². The quantitative estimate of drug-likeness (QED) is 0.308. The Bertz CT molecular complexity index is 816. The topological polar surface area (TPSA) is 79.3 Å². The molecule has 0 saturated carbocycles. The number of allylic oxidation sites excluding steroid dienone is 3. The number of hydrogen-bond donors (Lipinski definition) is 1. The summed E-state index contributed by atoms with van der Waals surface area (Å²) in [6.45, 7) is 9.33. The van der Waals surface area contributed by atoms with Gasteiger partial charge in [-0.2, -0.15) is 5.26 Å². The molecule has 1 heterocycles. The highest BCUT2D eigenvalue weighted by Crippen LogP contribution is 2.33. The lowest BCUT2D eigenvalue weighted by Gasteiger charge is -2.21. The second kappa shape index (κ2) is 10.5. The lowest BCUT2D eigenvalue weighted by molar-refractivity contribution is -0.138. The van der Waals surface area contributed by atoms with E-state index in [0.29, 0.717) is 24.2 Å². The number of carbonyl (C=O) groups is 1. The summed E-state index contributed by atoms with van der Waals surface area (Å²) in [5.41, 5.74) is 10.5. The number of nitriles is 1. The maximum Gasteiger partial charge on any atom is 0.337 e. The minimum Gasteiger partial charge on any atom is -0.462 e. The second-order valence-corrected chi connectivity index (χ2v) is 7.01. The van der Waals surface area contributed by atoms with Crippen LogP contribution < -0.4 is 10.6 Å². The Morgan fingerprint density at radius 1 is 1.50 bits per heavy atom. The van der Waals surface area contributed by atoms with Crippen molar-refractivity contribution in [3.05, 3.63) is 65.3 Å². The fourth-order valence-corrected chi connectivity index (χ4v) is 3.45. The Morgan fingerprint density at radius 3 is 2.93 bits per heavy atom. The molecule has 2 rings (SSSR count). The Balaban J connectivity index is 1.95. The molecule has 2 N–H and O–H groups in total. The van der Waals surface area contributed by atoms with Gasteiger partial charge in [0.15, 0.2) is 0 Å². The predicted octanol–water partition coefficient (Wildman–Crippen LogP) is 3.43. The molecule has 0 fully saturated rings. The zero-order valence-electron chi connectivity index (χ0n) is 16.8. The maximum absolute atomic E-state index is 12.1. The molecule has 1 atom stereocenters. The summed E-state index contributed by atoms with van der Waals surface area (Å²) in [5, 5.41) is 9.58. The highest BCUT2D eigenvalue weighted by molar-refractivity contribution is 5.91. The molecule has 5 heteroatoms. The van der Waals surface area contributed by atoms with Crippen LogP contribution in [0.15, 0.2) is 48.6 Å².